The van der Waals surface area contributed by atoms with Crippen molar-refractivity contribution in [2.24, 2.45) is 4.99 Å². The van der Waals surface area contributed by atoms with Gasteiger partial charge < -0.3 is 18.5 Å². The summed E-state index contributed by atoms with van der Waals surface area (Å²) >= 11 is 0. The summed E-state index contributed by atoms with van der Waals surface area (Å²) in [7, 11) is -0.743. The van der Waals surface area contributed by atoms with Crippen molar-refractivity contribution in [3.05, 3.63) is 29.8 Å². The van der Waals surface area contributed by atoms with Gasteiger partial charge in [0, 0.05) is 0 Å². The SMILES string of the molecule is CCOP(=O)(OCC)[C@@H]1NNC(C(=O)OC)=N[C@H]1c1ccc(OC)cc1. The number of carbonyl (C=O) groups excluding carboxylic acids is 1. The molecule has 2 atom stereocenters. The topological polar surface area (TPSA) is 107 Å². The number of ether oxygens (including phenoxy) is 2. The quantitative estimate of drug-likeness (QED) is 0.517. The Morgan fingerprint density at radius 1 is 1.15 bits per heavy atom. The Morgan fingerprint density at radius 3 is 2.27 bits per heavy atom. The van der Waals surface area contributed by atoms with Gasteiger partial charge in [0.1, 0.15) is 11.8 Å². The van der Waals surface area contributed by atoms with Gasteiger partial charge in [0.2, 0.25) is 5.84 Å². The van der Waals surface area contributed by atoms with Gasteiger partial charge in [-0.15, -0.1) is 0 Å². The van der Waals surface area contributed by atoms with Crippen molar-refractivity contribution in [3.63, 3.8) is 0 Å². The molecule has 0 saturated carbocycles. The molecule has 1 aromatic rings. The zero-order valence-electron chi connectivity index (χ0n) is 15.2. The summed E-state index contributed by atoms with van der Waals surface area (Å²) < 4.78 is 34.0. The highest BCUT2D eigenvalue weighted by Crippen LogP contribution is 2.56. The molecular weight excluding hydrogens is 361 g/mol. The third-order valence-corrected chi connectivity index (χ3v) is 6.03. The summed E-state index contributed by atoms with van der Waals surface area (Å²) in [5.41, 5.74) is 6.19. The first-order valence-corrected chi connectivity index (χ1v) is 9.80. The fourth-order valence-corrected chi connectivity index (χ4v) is 4.45. The molecule has 2 N–H and O–H groups in total. The number of esters is 1. The Kier molecular flexibility index (Phi) is 7.16. The summed E-state index contributed by atoms with van der Waals surface area (Å²) in [4.78, 5) is 16.2. The van der Waals surface area contributed by atoms with Crippen LogP contribution in [0.25, 0.3) is 0 Å². The molecule has 0 fully saturated rings. The minimum atomic E-state index is -3.56. The average Bonchev–Trinajstić information content (AvgIpc) is 2.67. The van der Waals surface area contributed by atoms with Crippen LogP contribution < -0.4 is 15.6 Å². The van der Waals surface area contributed by atoms with Crippen molar-refractivity contribution in [1.82, 2.24) is 10.9 Å². The van der Waals surface area contributed by atoms with Crippen molar-refractivity contribution in [2.75, 3.05) is 27.4 Å². The predicted octanol–water partition coefficient (Wildman–Crippen LogP) is 2.01. The number of methoxy groups -OCH3 is 2. The van der Waals surface area contributed by atoms with Crippen LogP contribution in [-0.2, 0) is 23.1 Å². The Hall–Kier alpha value is -1.93. The van der Waals surface area contributed by atoms with Crippen LogP contribution in [0.1, 0.15) is 25.5 Å². The Morgan fingerprint density at radius 2 is 1.77 bits per heavy atom. The molecule has 1 heterocycles. The third-order valence-electron chi connectivity index (χ3n) is 3.70. The monoisotopic (exact) mass is 385 g/mol. The molecule has 0 spiro atoms. The van der Waals surface area contributed by atoms with Gasteiger partial charge in [-0.25, -0.2) is 10.2 Å². The molecule has 1 aliphatic rings. The second-order valence-corrected chi connectivity index (χ2v) is 7.43. The number of amidine groups is 1. The summed E-state index contributed by atoms with van der Waals surface area (Å²) in [6.07, 6.45) is 0. The Labute approximate surface area is 152 Å². The maximum Gasteiger partial charge on any atom is 0.374 e. The van der Waals surface area contributed by atoms with Crippen LogP contribution in [0.5, 0.6) is 5.75 Å². The fraction of sp³-hybridized carbons (Fsp3) is 0.500. The van der Waals surface area contributed by atoms with Gasteiger partial charge >= 0.3 is 13.6 Å². The molecule has 9 nitrogen and oxygen atoms in total. The minimum Gasteiger partial charge on any atom is -0.497 e. The van der Waals surface area contributed by atoms with Crippen LogP contribution in [0.3, 0.4) is 0 Å². The van der Waals surface area contributed by atoms with Gasteiger partial charge in [-0.05, 0) is 31.5 Å². The van der Waals surface area contributed by atoms with E-state index in [9.17, 15) is 9.36 Å². The first-order chi connectivity index (χ1) is 12.5. The Balaban J connectivity index is 2.46. The van der Waals surface area contributed by atoms with E-state index in [4.69, 9.17) is 18.5 Å². The van der Waals surface area contributed by atoms with Crippen molar-refractivity contribution in [1.29, 1.82) is 0 Å². The number of hydrogen-bond acceptors (Lipinski definition) is 9. The lowest BCUT2D eigenvalue weighted by molar-refractivity contribution is -0.133. The van der Waals surface area contributed by atoms with E-state index < -0.39 is 25.4 Å². The van der Waals surface area contributed by atoms with Gasteiger partial charge in [-0.2, -0.15) is 0 Å². The molecular formula is C16H24N3O6P. The lowest BCUT2D eigenvalue weighted by Crippen LogP contribution is -2.53. The van der Waals surface area contributed by atoms with E-state index in [1.54, 1.807) is 45.2 Å². The molecule has 0 saturated heterocycles. The van der Waals surface area contributed by atoms with Crippen LogP contribution in [-0.4, -0.2) is 45.0 Å². The third kappa shape index (κ3) is 4.42. The molecule has 0 amide bonds. The van der Waals surface area contributed by atoms with Crippen LogP contribution in [0.4, 0.5) is 0 Å². The second kappa shape index (κ2) is 9.14. The number of hydrogen-bond donors (Lipinski definition) is 2. The molecule has 1 aliphatic heterocycles. The van der Waals surface area contributed by atoms with Gasteiger partial charge in [0.15, 0.2) is 5.78 Å². The maximum atomic E-state index is 13.3. The summed E-state index contributed by atoms with van der Waals surface area (Å²) in [5, 5.41) is 0. The van der Waals surface area contributed by atoms with E-state index in [2.05, 4.69) is 15.8 Å². The van der Waals surface area contributed by atoms with Crippen molar-refractivity contribution in [3.8, 4) is 5.75 Å². The number of aliphatic imine (C=N–C) groups is 1. The molecule has 2 rings (SSSR count). The van der Waals surface area contributed by atoms with E-state index in [0.717, 1.165) is 0 Å². The van der Waals surface area contributed by atoms with E-state index in [1.165, 1.54) is 7.11 Å². The second-order valence-electron chi connectivity index (χ2n) is 5.28. The van der Waals surface area contributed by atoms with Crippen molar-refractivity contribution in [2.45, 2.75) is 25.7 Å². The van der Waals surface area contributed by atoms with Gasteiger partial charge in [0.05, 0.1) is 27.4 Å². The van der Waals surface area contributed by atoms with Gasteiger partial charge in [-0.3, -0.25) is 15.0 Å². The molecule has 1 aromatic carbocycles. The van der Waals surface area contributed by atoms with Crippen molar-refractivity contribution >= 4 is 19.4 Å². The Bertz CT molecular complexity index is 684. The summed E-state index contributed by atoms with van der Waals surface area (Å²) in [6.45, 7) is 3.87. The van der Waals surface area contributed by atoms with Crippen LogP contribution in [0, 0.1) is 0 Å². The molecule has 26 heavy (non-hydrogen) atoms. The summed E-state index contributed by atoms with van der Waals surface area (Å²) in [5.74, 6) is -0.826. The van der Waals surface area contributed by atoms with Crippen molar-refractivity contribution < 1.29 is 27.9 Å². The lowest BCUT2D eigenvalue weighted by Gasteiger charge is -2.34. The molecule has 0 bridgehead atoms. The number of hydrazine groups is 1. The zero-order valence-corrected chi connectivity index (χ0v) is 16.1. The molecule has 0 aliphatic carbocycles. The van der Waals surface area contributed by atoms with Gasteiger partial charge in [-0.1, -0.05) is 12.1 Å². The smallest absolute Gasteiger partial charge is 0.374 e. The normalized spacial score (nSPS) is 20.1. The molecule has 144 valence electrons. The fourth-order valence-electron chi connectivity index (χ4n) is 2.53. The highest BCUT2D eigenvalue weighted by atomic mass is 31.2. The first-order valence-electron chi connectivity index (χ1n) is 8.19. The van der Waals surface area contributed by atoms with E-state index in [0.29, 0.717) is 11.3 Å². The van der Waals surface area contributed by atoms with E-state index in [1.807, 2.05) is 0 Å². The van der Waals surface area contributed by atoms with E-state index in [-0.39, 0.29) is 19.0 Å². The molecule has 0 radical (unpaired) electrons. The molecule has 0 unspecified atom stereocenters. The zero-order chi connectivity index (χ0) is 19.2. The van der Waals surface area contributed by atoms with Crippen LogP contribution in [0.2, 0.25) is 0 Å². The standard InChI is InChI=1S/C16H24N3O6P/c1-5-24-26(21,25-6-2)15-13(11-7-9-12(22-3)10-8-11)17-14(18-19-15)16(20)23-4/h7-10,13,15,19H,5-6H2,1-4H3,(H,17,18)/t13-,15-/m0/s1. The number of benzene rings is 1. The van der Waals surface area contributed by atoms with E-state index >= 15 is 0 Å². The number of nitrogens with one attached hydrogen (secondary N) is 2. The minimum absolute atomic E-state index is 0.0240. The summed E-state index contributed by atoms with van der Waals surface area (Å²) in [6, 6.07) is 6.39. The highest BCUT2D eigenvalue weighted by Gasteiger charge is 2.45. The van der Waals surface area contributed by atoms with Gasteiger partial charge in [0.25, 0.3) is 0 Å². The molecule has 0 aromatic heterocycles. The first kappa shape index (κ1) is 20.4. The number of carbonyl (C=O) groups is 1. The number of rotatable bonds is 8. The maximum absolute atomic E-state index is 13.3. The highest BCUT2D eigenvalue weighted by molar-refractivity contribution is 7.54. The van der Waals surface area contributed by atoms with Crippen LogP contribution in [0.15, 0.2) is 29.3 Å². The number of nitrogens with zero attached hydrogens (tertiary/aromatic N) is 1. The average molecular weight is 385 g/mol. The largest absolute Gasteiger partial charge is 0.497 e. The molecule has 10 heteroatoms. The van der Waals surface area contributed by atoms with Crippen LogP contribution >= 0.6 is 7.60 Å². The lowest BCUT2D eigenvalue weighted by atomic mass is 10.1. The predicted molar refractivity (Wildman–Crippen MR) is 96.1 cm³/mol.